The number of benzene rings is 1. The van der Waals surface area contributed by atoms with Gasteiger partial charge in [0.1, 0.15) is 0 Å². The molecule has 0 bridgehead atoms. The van der Waals surface area contributed by atoms with Crippen molar-refractivity contribution < 1.29 is 13.2 Å². The summed E-state index contributed by atoms with van der Waals surface area (Å²) in [4.78, 5) is 0. The third-order valence-electron chi connectivity index (χ3n) is 2.38. The summed E-state index contributed by atoms with van der Waals surface area (Å²) in [5.41, 5.74) is -0.130. The fourth-order valence-corrected chi connectivity index (χ4v) is 1.93. The van der Waals surface area contributed by atoms with Crippen LogP contribution in [0.4, 0.5) is 18.9 Å². The molecule has 1 N–H and O–H groups in total. The van der Waals surface area contributed by atoms with Crippen molar-refractivity contribution in [1.29, 1.82) is 0 Å². The van der Waals surface area contributed by atoms with Gasteiger partial charge < -0.3 is 5.32 Å². The van der Waals surface area contributed by atoms with Crippen molar-refractivity contribution in [2.75, 3.05) is 11.9 Å². The molecule has 0 saturated carbocycles. The maximum atomic E-state index is 12.6. The van der Waals surface area contributed by atoms with E-state index in [-0.39, 0.29) is 4.47 Å². The number of unbranched alkanes of at least 4 members (excludes halogenated alkanes) is 2. The third-order valence-corrected chi connectivity index (χ3v) is 3.07. The molecular weight excluding hydrogens is 295 g/mol. The summed E-state index contributed by atoms with van der Waals surface area (Å²) in [5, 5.41) is 3.00. The van der Waals surface area contributed by atoms with Crippen LogP contribution in [0.25, 0.3) is 0 Å². The van der Waals surface area contributed by atoms with Crippen molar-refractivity contribution in [2.24, 2.45) is 0 Å². The van der Waals surface area contributed by atoms with Crippen LogP contribution in [0, 0.1) is 0 Å². The molecule has 0 fully saturated rings. The van der Waals surface area contributed by atoms with Gasteiger partial charge in [-0.05, 0) is 24.6 Å². The summed E-state index contributed by atoms with van der Waals surface area (Å²) in [7, 11) is 0. The Morgan fingerprint density at radius 2 is 1.94 bits per heavy atom. The minimum atomic E-state index is -4.32. The lowest BCUT2D eigenvalue weighted by atomic mass is 10.2. The maximum absolute atomic E-state index is 12.6. The molecule has 0 amide bonds. The highest BCUT2D eigenvalue weighted by molar-refractivity contribution is 9.10. The second-order valence-corrected chi connectivity index (χ2v) is 4.68. The zero-order chi connectivity index (χ0) is 12.9. The number of anilines is 1. The first-order valence-corrected chi connectivity index (χ1v) is 6.35. The molecule has 0 radical (unpaired) electrons. The summed E-state index contributed by atoms with van der Waals surface area (Å²) in [6.45, 7) is 2.79. The molecule has 0 unspecified atom stereocenters. The molecule has 0 heterocycles. The van der Waals surface area contributed by atoms with Crippen molar-refractivity contribution in [2.45, 2.75) is 32.4 Å². The van der Waals surface area contributed by atoms with Crippen LogP contribution in [0.3, 0.4) is 0 Å². The van der Waals surface area contributed by atoms with Crippen molar-refractivity contribution in [3.8, 4) is 0 Å². The quantitative estimate of drug-likeness (QED) is 0.749. The van der Waals surface area contributed by atoms with Crippen LogP contribution in [0.15, 0.2) is 22.7 Å². The average Bonchev–Trinajstić information content (AvgIpc) is 2.25. The topological polar surface area (TPSA) is 12.0 Å². The van der Waals surface area contributed by atoms with Crippen LogP contribution in [0.2, 0.25) is 0 Å². The minimum absolute atomic E-state index is 0.0732. The lowest BCUT2D eigenvalue weighted by Gasteiger charge is -2.12. The van der Waals surface area contributed by atoms with Gasteiger partial charge in [-0.2, -0.15) is 13.2 Å². The molecule has 0 saturated heterocycles. The normalized spacial score (nSPS) is 11.6. The van der Waals surface area contributed by atoms with Gasteiger partial charge in [-0.1, -0.05) is 35.7 Å². The standard InChI is InChI=1S/C12H15BrF3N/c1-2-3-4-7-17-9-5-6-11(13)10(8-9)12(14,15)16/h5-6,8,17H,2-4,7H2,1H3. The van der Waals surface area contributed by atoms with Crippen molar-refractivity contribution in [1.82, 2.24) is 0 Å². The van der Waals surface area contributed by atoms with E-state index in [1.54, 1.807) is 6.07 Å². The SMILES string of the molecule is CCCCCNc1ccc(Br)c(C(F)(F)F)c1. The smallest absolute Gasteiger partial charge is 0.385 e. The van der Waals surface area contributed by atoms with E-state index in [1.807, 2.05) is 0 Å². The molecule has 17 heavy (non-hydrogen) atoms. The van der Waals surface area contributed by atoms with Gasteiger partial charge in [-0.3, -0.25) is 0 Å². The molecule has 0 aliphatic heterocycles. The van der Waals surface area contributed by atoms with Crippen molar-refractivity contribution >= 4 is 21.6 Å². The van der Waals surface area contributed by atoms with E-state index in [0.717, 1.165) is 25.3 Å². The molecule has 1 aromatic carbocycles. The molecule has 1 nitrogen and oxygen atoms in total. The average molecular weight is 310 g/mol. The van der Waals surface area contributed by atoms with Crippen LogP contribution in [0.5, 0.6) is 0 Å². The zero-order valence-corrected chi connectivity index (χ0v) is 11.2. The molecule has 0 aliphatic carbocycles. The van der Waals surface area contributed by atoms with E-state index >= 15 is 0 Å². The summed E-state index contributed by atoms with van der Waals surface area (Å²) < 4.78 is 37.9. The van der Waals surface area contributed by atoms with Gasteiger partial charge in [-0.15, -0.1) is 0 Å². The first-order chi connectivity index (χ1) is 7.95. The molecule has 1 rings (SSSR count). The zero-order valence-electron chi connectivity index (χ0n) is 9.57. The van der Waals surface area contributed by atoms with Gasteiger partial charge in [0, 0.05) is 16.7 Å². The van der Waals surface area contributed by atoms with E-state index in [1.165, 1.54) is 6.07 Å². The molecule has 5 heteroatoms. The van der Waals surface area contributed by atoms with Crippen LogP contribution < -0.4 is 5.32 Å². The predicted octanol–water partition coefficient (Wildman–Crippen LogP) is 5.07. The Labute approximate surface area is 108 Å². The minimum Gasteiger partial charge on any atom is -0.385 e. The van der Waals surface area contributed by atoms with E-state index < -0.39 is 11.7 Å². The van der Waals surface area contributed by atoms with Crippen LogP contribution >= 0.6 is 15.9 Å². The molecule has 1 aromatic rings. The van der Waals surface area contributed by atoms with E-state index in [2.05, 4.69) is 28.2 Å². The second kappa shape index (κ2) is 6.28. The molecule has 0 aliphatic rings. The lowest BCUT2D eigenvalue weighted by Crippen LogP contribution is -2.08. The number of hydrogen-bond donors (Lipinski definition) is 1. The molecular formula is C12H15BrF3N. The largest absolute Gasteiger partial charge is 0.417 e. The third kappa shape index (κ3) is 4.58. The molecule has 0 atom stereocenters. The highest BCUT2D eigenvalue weighted by Crippen LogP contribution is 2.36. The number of alkyl halides is 3. The van der Waals surface area contributed by atoms with Gasteiger partial charge in [0.05, 0.1) is 5.56 Å². The van der Waals surface area contributed by atoms with Gasteiger partial charge >= 0.3 is 6.18 Å². The Hall–Kier alpha value is -0.710. The number of rotatable bonds is 5. The van der Waals surface area contributed by atoms with E-state index in [0.29, 0.717) is 12.2 Å². The molecule has 0 aromatic heterocycles. The Kier molecular flexibility index (Phi) is 5.31. The Balaban J connectivity index is 2.69. The molecule has 96 valence electrons. The van der Waals surface area contributed by atoms with Gasteiger partial charge in [0.25, 0.3) is 0 Å². The van der Waals surface area contributed by atoms with Gasteiger partial charge in [0.2, 0.25) is 0 Å². The Morgan fingerprint density at radius 1 is 1.24 bits per heavy atom. The highest BCUT2D eigenvalue weighted by Gasteiger charge is 2.33. The predicted molar refractivity (Wildman–Crippen MR) is 67.2 cm³/mol. The highest BCUT2D eigenvalue weighted by atomic mass is 79.9. The van der Waals surface area contributed by atoms with Crippen LogP contribution in [0.1, 0.15) is 31.7 Å². The second-order valence-electron chi connectivity index (χ2n) is 3.83. The van der Waals surface area contributed by atoms with E-state index in [4.69, 9.17) is 0 Å². The van der Waals surface area contributed by atoms with Crippen molar-refractivity contribution in [3.05, 3.63) is 28.2 Å². The number of halogens is 4. The van der Waals surface area contributed by atoms with E-state index in [9.17, 15) is 13.2 Å². The molecule has 0 spiro atoms. The van der Waals surface area contributed by atoms with Crippen LogP contribution in [-0.4, -0.2) is 6.54 Å². The van der Waals surface area contributed by atoms with Gasteiger partial charge in [-0.25, -0.2) is 0 Å². The monoisotopic (exact) mass is 309 g/mol. The Bertz CT molecular complexity index is 363. The number of nitrogens with one attached hydrogen (secondary N) is 1. The van der Waals surface area contributed by atoms with Gasteiger partial charge in [0.15, 0.2) is 0 Å². The summed E-state index contributed by atoms with van der Waals surface area (Å²) >= 11 is 2.91. The summed E-state index contributed by atoms with van der Waals surface area (Å²) in [6.07, 6.45) is -1.18. The maximum Gasteiger partial charge on any atom is 0.417 e. The van der Waals surface area contributed by atoms with Crippen molar-refractivity contribution in [3.63, 3.8) is 0 Å². The summed E-state index contributed by atoms with van der Waals surface area (Å²) in [5.74, 6) is 0. The first kappa shape index (κ1) is 14.4. The first-order valence-electron chi connectivity index (χ1n) is 5.55. The summed E-state index contributed by atoms with van der Waals surface area (Å²) in [6, 6.07) is 4.20. The lowest BCUT2D eigenvalue weighted by molar-refractivity contribution is -0.138. The fraction of sp³-hybridized carbons (Fsp3) is 0.500. The fourth-order valence-electron chi connectivity index (χ4n) is 1.46. The Morgan fingerprint density at radius 3 is 2.53 bits per heavy atom. The van der Waals surface area contributed by atoms with Crippen LogP contribution in [-0.2, 0) is 6.18 Å². The number of hydrogen-bond acceptors (Lipinski definition) is 1.